The molecule has 0 saturated carbocycles. The SMILES string of the molecule is Cc1ccccc1N(CCC(=O)NN)CCC(=O)NN. The maximum absolute atomic E-state index is 11.3. The molecule has 6 N–H and O–H groups in total. The topological polar surface area (TPSA) is 113 Å². The maximum atomic E-state index is 11.3. The fourth-order valence-electron chi connectivity index (χ4n) is 1.89. The van der Waals surface area contributed by atoms with Crippen molar-refractivity contribution in [2.75, 3.05) is 18.0 Å². The monoisotopic (exact) mass is 279 g/mol. The second kappa shape index (κ2) is 8.13. The molecule has 0 bridgehead atoms. The van der Waals surface area contributed by atoms with Crippen LogP contribution < -0.4 is 27.4 Å². The van der Waals surface area contributed by atoms with Crippen molar-refractivity contribution in [3.63, 3.8) is 0 Å². The summed E-state index contributed by atoms with van der Waals surface area (Å²) in [6, 6.07) is 7.79. The number of hydrogen-bond donors (Lipinski definition) is 4. The molecule has 0 aromatic heterocycles. The van der Waals surface area contributed by atoms with Gasteiger partial charge in [-0.1, -0.05) is 18.2 Å². The van der Waals surface area contributed by atoms with Gasteiger partial charge >= 0.3 is 0 Å². The molecule has 0 fully saturated rings. The molecule has 1 aromatic carbocycles. The molecule has 0 unspecified atom stereocenters. The summed E-state index contributed by atoms with van der Waals surface area (Å²) in [4.78, 5) is 24.5. The number of aryl methyl sites for hydroxylation is 1. The molecule has 0 spiro atoms. The Labute approximate surface area is 118 Å². The molecule has 1 rings (SSSR count). The lowest BCUT2D eigenvalue weighted by Gasteiger charge is -2.26. The Morgan fingerprint density at radius 1 is 1.05 bits per heavy atom. The minimum absolute atomic E-state index is 0.244. The molecule has 0 radical (unpaired) electrons. The highest BCUT2D eigenvalue weighted by Gasteiger charge is 2.12. The van der Waals surface area contributed by atoms with Gasteiger partial charge in [0.2, 0.25) is 11.8 Å². The third kappa shape index (κ3) is 4.87. The van der Waals surface area contributed by atoms with E-state index in [1.165, 1.54) is 0 Å². The van der Waals surface area contributed by atoms with Crippen LogP contribution in [0, 0.1) is 6.92 Å². The third-order valence-electron chi connectivity index (χ3n) is 3.00. The second-order valence-electron chi connectivity index (χ2n) is 4.41. The van der Waals surface area contributed by atoms with Gasteiger partial charge in [-0.3, -0.25) is 20.4 Å². The first kappa shape index (κ1) is 15.9. The summed E-state index contributed by atoms with van der Waals surface area (Å²) in [6.45, 7) is 2.94. The van der Waals surface area contributed by atoms with Crippen molar-refractivity contribution in [1.82, 2.24) is 10.9 Å². The van der Waals surface area contributed by atoms with Crippen molar-refractivity contribution in [1.29, 1.82) is 0 Å². The van der Waals surface area contributed by atoms with Gasteiger partial charge in [0.1, 0.15) is 0 Å². The van der Waals surface area contributed by atoms with Crippen LogP contribution in [0.2, 0.25) is 0 Å². The number of rotatable bonds is 7. The van der Waals surface area contributed by atoms with Gasteiger partial charge in [0, 0.05) is 31.6 Å². The second-order valence-corrected chi connectivity index (χ2v) is 4.41. The zero-order valence-electron chi connectivity index (χ0n) is 11.6. The van der Waals surface area contributed by atoms with Gasteiger partial charge in [-0.2, -0.15) is 0 Å². The molecule has 0 aliphatic rings. The Morgan fingerprint density at radius 3 is 2.00 bits per heavy atom. The van der Waals surface area contributed by atoms with Crippen LogP contribution in [0.4, 0.5) is 5.69 Å². The molecule has 110 valence electrons. The normalized spacial score (nSPS) is 9.95. The number of anilines is 1. The summed E-state index contributed by atoms with van der Waals surface area (Å²) in [5, 5.41) is 0. The van der Waals surface area contributed by atoms with Gasteiger partial charge in [0.25, 0.3) is 0 Å². The number of carbonyl (C=O) groups excluding carboxylic acids is 2. The Balaban J connectivity index is 2.75. The van der Waals surface area contributed by atoms with Crippen molar-refractivity contribution in [2.45, 2.75) is 19.8 Å². The predicted octanol–water partition coefficient (Wildman–Crippen LogP) is -0.439. The van der Waals surface area contributed by atoms with Crippen LogP contribution in [-0.2, 0) is 9.59 Å². The number of hydrazine groups is 2. The summed E-state index contributed by atoms with van der Waals surface area (Å²) in [5.41, 5.74) is 6.26. The lowest BCUT2D eigenvalue weighted by molar-refractivity contribution is -0.121. The molecule has 1 aromatic rings. The van der Waals surface area contributed by atoms with E-state index < -0.39 is 0 Å². The van der Waals surface area contributed by atoms with Crippen LogP contribution in [0.5, 0.6) is 0 Å². The number of amides is 2. The number of nitrogens with two attached hydrogens (primary N) is 2. The predicted molar refractivity (Wildman–Crippen MR) is 77.3 cm³/mol. The van der Waals surface area contributed by atoms with Crippen molar-refractivity contribution >= 4 is 17.5 Å². The first-order valence-electron chi connectivity index (χ1n) is 6.38. The number of para-hydroxylation sites is 1. The van der Waals surface area contributed by atoms with Crippen molar-refractivity contribution in [3.8, 4) is 0 Å². The van der Waals surface area contributed by atoms with E-state index >= 15 is 0 Å². The molecule has 0 heterocycles. The number of hydrogen-bond acceptors (Lipinski definition) is 5. The smallest absolute Gasteiger partial charge is 0.235 e. The quantitative estimate of drug-likeness (QED) is 0.307. The van der Waals surface area contributed by atoms with E-state index in [0.717, 1.165) is 11.3 Å². The summed E-state index contributed by atoms with van der Waals surface area (Å²) in [6.07, 6.45) is 0.518. The molecule has 20 heavy (non-hydrogen) atoms. The van der Waals surface area contributed by atoms with Crippen LogP contribution >= 0.6 is 0 Å². The fourth-order valence-corrected chi connectivity index (χ4v) is 1.89. The zero-order chi connectivity index (χ0) is 15.0. The summed E-state index contributed by atoms with van der Waals surface area (Å²) in [7, 11) is 0. The van der Waals surface area contributed by atoms with E-state index in [4.69, 9.17) is 11.7 Å². The van der Waals surface area contributed by atoms with Crippen LogP contribution in [0.3, 0.4) is 0 Å². The highest BCUT2D eigenvalue weighted by Crippen LogP contribution is 2.19. The molecule has 0 aliphatic heterocycles. The lowest BCUT2D eigenvalue weighted by atomic mass is 10.1. The zero-order valence-corrected chi connectivity index (χ0v) is 11.6. The molecular formula is C13H21N5O2. The Morgan fingerprint density at radius 2 is 1.55 bits per heavy atom. The fraction of sp³-hybridized carbons (Fsp3) is 0.385. The largest absolute Gasteiger partial charge is 0.370 e. The van der Waals surface area contributed by atoms with E-state index in [1.54, 1.807) is 0 Å². The molecule has 7 nitrogen and oxygen atoms in total. The lowest BCUT2D eigenvalue weighted by Crippen LogP contribution is -2.37. The molecule has 0 atom stereocenters. The van der Waals surface area contributed by atoms with Crippen molar-refractivity contribution in [2.24, 2.45) is 11.7 Å². The van der Waals surface area contributed by atoms with E-state index in [1.807, 2.05) is 36.1 Å². The van der Waals surface area contributed by atoms with E-state index in [-0.39, 0.29) is 24.7 Å². The first-order chi connectivity index (χ1) is 9.58. The summed E-state index contributed by atoms with van der Waals surface area (Å²) < 4.78 is 0. The van der Waals surface area contributed by atoms with Crippen LogP contribution in [0.1, 0.15) is 18.4 Å². The highest BCUT2D eigenvalue weighted by atomic mass is 16.2. The molecular weight excluding hydrogens is 258 g/mol. The van der Waals surface area contributed by atoms with E-state index in [9.17, 15) is 9.59 Å². The average molecular weight is 279 g/mol. The van der Waals surface area contributed by atoms with Gasteiger partial charge in [0.15, 0.2) is 0 Å². The van der Waals surface area contributed by atoms with Crippen LogP contribution in [0.15, 0.2) is 24.3 Å². The van der Waals surface area contributed by atoms with Gasteiger partial charge in [-0.25, -0.2) is 11.7 Å². The molecule has 0 aliphatic carbocycles. The number of carbonyl (C=O) groups is 2. The number of nitrogens with zero attached hydrogens (tertiary/aromatic N) is 1. The van der Waals surface area contributed by atoms with Crippen molar-refractivity contribution < 1.29 is 9.59 Å². The minimum atomic E-state index is -0.244. The van der Waals surface area contributed by atoms with Gasteiger partial charge in [-0.05, 0) is 18.6 Å². The third-order valence-corrected chi connectivity index (χ3v) is 3.00. The van der Waals surface area contributed by atoms with Gasteiger partial charge < -0.3 is 4.90 Å². The Kier molecular flexibility index (Phi) is 6.48. The van der Waals surface area contributed by atoms with Crippen LogP contribution in [0.25, 0.3) is 0 Å². The summed E-state index contributed by atoms with van der Waals surface area (Å²) >= 11 is 0. The molecule has 7 heteroatoms. The van der Waals surface area contributed by atoms with Gasteiger partial charge in [-0.15, -0.1) is 0 Å². The average Bonchev–Trinajstić information content (AvgIpc) is 2.47. The number of benzene rings is 1. The number of nitrogens with one attached hydrogen (secondary N) is 2. The van der Waals surface area contributed by atoms with Gasteiger partial charge in [0.05, 0.1) is 0 Å². The maximum Gasteiger partial charge on any atom is 0.235 e. The van der Waals surface area contributed by atoms with Crippen LogP contribution in [-0.4, -0.2) is 24.9 Å². The Bertz CT molecular complexity index is 444. The minimum Gasteiger partial charge on any atom is -0.370 e. The Hall–Kier alpha value is -2.12. The van der Waals surface area contributed by atoms with E-state index in [0.29, 0.717) is 13.1 Å². The first-order valence-corrected chi connectivity index (χ1v) is 6.38. The highest BCUT2D eigenvalue weighted by molar-refractivity contribution is 5.77. The standard InChI is InChI=1S/C13H21N5O2/c1-10-4-2-3-5-11(10)18(8-6-12(19)16-14)9-7-13(20)17-15/h2-5H,6-9,14-15H2,1H3,(H,16,19)(H,17,20). The molecule has 2 amide bonds. The molecule has 0 saturated heterocycles. The van der Waals surface area contributed by atoms with Crippen molar-refractivity contribution in [3.05, 3.63) is 29.8 Å². The summed E-state index contributed by atoms with van der Waals surface area (Å²) in [5.74, 6) is 9.66. The van der Waals surface area contributed by atoms with E-state index in [2.05, 4.69) is 10.9 Å².